The lowest BCUT2D eigenvalue weighted by molar-refractivity contribution is 1.06. The summed E-state index contributed by atoms with van der Waals surface area (Å²) >= 11 is 3.55. The first-order valence-electron chi connectivity index (χ1n) is 1.65. The van der Waals surface area contributed by atoms with Crippen LogP contribution in [0.15, 0.2) is 0 Å². The van der Waals surface area contributed by atoms with Crippen molar-refractivity contribution in [3.8, 4) is 6.07 Å². The summed E-state index contributed by atoms with van der Waals surface area (Å²) in [5.41, 5.74) is 0. The second-order valence-electron chi connectivity index (χ2n) is 0.860. The Kier molecular flexibility index (Phi) is 3.15. The van der Waals surface area contributed by atoms with Crippen molar-refractivity contribution in [1.29, 1.82) is 10.7 Å². The minimum atomic E-state index is 0.0292. The van der Waals surface area contributed by atoms with Gasteiger partial charge in [-0.2, -0.15) is 5.26 Å². The number of nitriles is 1. The first-order chi connectivity index (χ1) is 3.27. The molecule has 0 radical (unpaired) electrons. The fraction of sp³-hybridized carbons (Fsp3) is 0.333. The molecule has 0 spiro atoms. The lowest BCUT2D eigenvalue weighted by atomic mass is 10.7. The molecule has 7 heavy (non-hydrogen) atoms. The predicted molar refractivity (Wildman–Crippen MR) is 30.3 cm³/mol. The van der Waals surface area contributed by atoms with Crippen molar-refractivity contribution >= 4 is 17.8 Å². The molecule has 0 saturated carbocycles. The molecule has 0 aromatic carbocycles. The Labute approximate surface area is 47.3 Å². The van der Waals surface area contributed by atoms with E-state index in [1.54, 1.807) is 6.07 Å². The third-order valence-electron chi connectivity index (χ3n) is 0.335. The fourth-order valence-electron chi connectivity index (χ4n) is 0.123. The van der Waals surface area contributed by atoms with Crippen molar-refractivity contribution in [2.75, 3.05) is 6.54 Å². The van der Waals surface area contributed by atoms with Crippen molar-refractivity contribution in [2.24, 2.45) is 0 Å². The van der Waals surface area contributed by atoms with Gasteiger partial charge in [-0.05, 0) is 0 Å². The van der Waals surface area contributed by atoms with Crippen LogP contribution in [0.3, 0.4) is 0 Å². The third-order valence-corrected chi connectivity index (χ3v) is 0.493. The highest BCUT2D eigenvalue weighted by molar-refractivity contribution is 7.96. The molecule has 3 nitrogen and oxygen atoms in total. The normalized spacial score (nSPS) is 6.86. The van der Waals surface area contributed by atoms with Crippen LogP contribution in [0.4, 0.5) is 0 Å². The first kappa shape index (κ1) is 6.31. The van der Waals surface area contributed by atoms with Crippen molar-refractivity contribution < 1.29 is 0 Å². The van der Waals surface area contributed by atoms with Gasteiger partial charge in [0.2, 0.25) is 0 Å². The molecule has 0 aromatic heterocycles. The Morgan fingerprint density at radius 2 is 2.57 bits per heavy atom. The van der Waals surface area contributed by atoms with Crippen LogP contribution in [0.1, 0.15) is 0 Å². The van der Waals surface area contributed by atoms with E-state index >= 15 is 0 Å². The summed E-state index contributed by atoms with van der Waals surface area (Å²) in [6.07, 6.45) is 0. The lowest BCUT2D eigenvalue weighted by Gasteiger charge is -1.89. The molecule has 2 N–H and O–H groups in total. The van der Waals surface area contributed by atoms with E-state index in [1.165, 1.54) is 0 Å². The first-order valence-corrected chi connectivity index (χ1v) is 2.10. The quantitative estimate of drug-likeness (QED) is 0.194. The van der Waals surface area contributed by atoms with Crippen LogP contribution in [0.2, 0.25) is 0 Å². The van der Waals surface area contributed by atoms with Gasteiger partial charge in [0.1, 0.15) is 6.54 Å². The lowest BCUT2D eigenvalue weighted by Crippen LogP contribution is -2.16. The summed E-state index contributed by atoms with van der Waals surface area (Å²) in [7, 11) is 0. The Hall–Kier alpha value is -0.690. The summed E-state index contributed by atoms with van der Waals surface area (Å²) in [5, 5.41) is 16.9. The van der Waals surface area contributed by atoms with E-state index in [-0.39, 0.29) is 11.7 Å². The Morgan fingerprint density at radius 1 is 2.00 bits per heavy atom. The molecule has 0 fully saturated rings. The number of hydrogen-bond donors (Lipinski definition) is 3. The van der Waals surface area contributed by atoms with E-state index in [1.807, 2.05) is 0 Å². The summed E-state index contributed by atoms with van der Waals surface area (Å²) in [6, 6.07) is 1.80. The van der Waals surface area contributed by atoms with E-state index in [4.69, 9.17) is 10.7 Å². The molecule has 0 unspecified atom stereocenters. The summed E-state index contributed by atoms with van der Waals surface area (Å²) in [4.78, 5) is 0. The minimum Gasteiger partial charge on any atom is -0.352 e. The van der Waals surface area contributed by atoms with Crippen molar-refractivity contribution in [3.05, 3.63) is 0 Å². The second-order valence-corrected chi connectivity index (χ2v) is 1.31. The fourth-order valence-corrected chi connectivity index (χ4v) is 0.202. The van der Waals surface area contributed by atoms with Gasteiger partial charge in [0.15, 0.2) is 5.17 Å². The van der Waals surface area contributed by atoms with Gasteiger partial charge in [-0.25, -0.2) is 0 Å². The van der Waals surface area contributed by atoms with Crippen LogP contribution in [-0.2, 0) is 0 Å². The van der Waals surface area contributed by atoms with Gasteiger partial charge in [-0.1, -0.05) is 0 Å². The van der Waals surface area contributed by atoms with Crippen LogP contribution >= 0.6 is 12.6 Å². The zero-order valence-corrected chi connectivity index (χ0v) is 4.50. The highest BCUT2D eigenvalue weighted by atomic mass is 32.1. The number of nitrogens with zero attached hydrogens (tertiary/aromatic N) is 1. The van der Waals surface area contributed by atoms with Gasteiger partial charge in [0.05, 0.1) is 6.07 Å². The van der Waals surface area contributed by atoms with Crippen LogP contribution in [0, 0.1) is 16.7 Å². The maximum Gasteiger partial charge on any atom is 0.151 e. The standard InChI is InChI=1S/C3H5N3S/c4-1-2-6-3(5)7/h2H2,(H3,5,6,7). The van der Waals surface area contributed by atoms with Crippen LogP contribution < -0.4 is 5.32 Å². The maximum atomic E-state index is 7.87. The van der Waals surface area contributed by atoms with Gasteiger partial charge in [0, 0.05) is 0 Å². The highest BCUT2D eigenvalue weighted by Crippen LogP contribution is 1.67. The summed E-state index contributed by atoms with van der Waals surface area (Å²) in [6.45, 7) is 0.155. The van der Waals surface area contributed by atoms with Gasteiger partial charge in [0.25, 0.3) is 0 Å². The average Bonchev–Trinajstić information content (AvgIpc) is 1.61. The SMILES string of the molecule is N#CCNC(=N)S. The Balaban J connectivity index is 3.02. The van der Waals surface area contributed by atoms with Crippen molar-refractivity contribution in [2.45, 2.75) is 0 Å². The molecule has 0 rings (SSSR count). The molecular formula is C3H5N3S. The van der Waals surface area contributed by atoms with Gasteiger partial charge in [-0.15, -0.1) is 12.6 Å². The minimum absolute atomic E-state index is 0.0292. The van der Waals surface area contributed by atoms with E-state index in [9.17, 15) is 0 Å². The van der Waals surface area contributed by atoms with E-state index < -0.39 is 0 Å². The zero-order chi connectivity index (χ0) is 5.70. The number of amidine groups is 1. The number of rotatable bonds is 1. The third kappa shape index (κ3) is 5.31. The molecule has 4 heteroatoms. The van der Waals surface area contributed by atoms with Crippen molar-refractivity contribution in [3.63, 3.8) is 0 Å². The van der Waals surface area contributed by atoms with Crippen LogP contribution in [0.5, 0.6) is 0 Å². The van der Waals surface area contributed by atoms with E-state index in [0.29, 0.717) is 0 Å². The molecule has 0 aliphatic carbocycles. The Morgan fingerprint density at radius 3 is 2.71 bits per heavy atom. The molecular weight excluding hydrogens is 110 g/mol. The molecule has 0 aliphatic rings. The molecule has 0 saturated heterocycles. The molecule has 0 aliphatic heterocycles. The maximum absolute atomic E-state index is 7.87. The average molecular weight is 115 g/mol. The van der Waals surface area contributed by atoms with Crippen LogP contribution in [0.25, 0.3) is 0 Å². The number of nitrogens with one attached hydrogen (secondary N) is 2. The van der Waals surface area contributed by atoms with Crippen molar-refractivity contribution in [1.82, 2.24) is 5.32 Å². The summed E-state index contributed by atoms with van der Waals surface area (Å²) in [5.74, 6) is 0. The number of hydrogen-bond acceptors (Lipinski definition) is 2. The highest BCUT2D eigenvalue weighted by Gasteiger charge is 1.79. The monoisotopic (exact) mass is 115 g/mol. The number of thiol groups is 1. The van der Waals surface area contributed by atoms with Crippen LogP contribution in [-0.4, -0.2) is 11.7 Å². The smallest absolute Gasteiger partial charge is 0.151 e. The molecule has 0 heterocycles. The van der Waals surface area contributed by atoms with E-state index in [0.717, 1.165) is 0 Å². The predicted octanol–water partition coefficient (Wildman–Crippen LogP) is -0.0358. The van der Waals surface area contributed by atoms with Gasteiger partial charge in [-0.3, -0.25) is 5.41 Å². The molecule has 38 valence electrons. The van der Waals surface area contributed by atoms with Gasteiger partial charge >= 0.3 is 0 Å². The molecule has 0 bridgehead atoms. The zero-order valence-electron chi connectivity index (χ0n) is 3.60. The van der Waals surface area contributed by atoms with E-state index in [2.05, 4.69) is 17.9 Å². The topological polar surface area (TPSA) is 59.7 Å². The molecule has 0 aromatic rings. The summed E-state index contributed by atoms with van der Waals surface area (Å²) < 4.78 is 0. The second kappa shape index (κ2) is 3.50. The largest absolute Gasteiger partial charge is 0.352 e. The Bertz CT molecular complexity index is 103. The van der Waals surface area contributed by atoms with Gasteiger partial charge < -0.3 is 5.32 Å². The molecule has 0 atom stereocenters. The molecule has 0 amide bonds.